The molecule has 0 spiro atoms. The molecule has 1 aliphatic heterocycles. The molecule has 0 amide bonds. The van der Waals surface area contributed by atoms with E-state index in [0.717, 1.165) is 49.7 Å². The molecule has 0 saturated carbocycles. The van der Waals surface area contributed by atoms with Crippen molar-refractivity contribution in [3.05, 3.63) is 53.5 Å². The van der Waals surface area contributed by atoms with E-state index in [1.165, 1.54) is 5.56 Å². The number of aryl methyl sites for hydroxylation is 1. The lowest BCUT2D eigenvalue weighted by Crippen LogP contribution is -2.34. The van der Waals surface area contributed by atoms with Crippen LogP contribution in [0.25, 0.3) is 0 Å². The van der Waals surface area contributed by atoms with Crippen molar-refractivity contribution in [2.45, 2.75) is 32.9 Å². The second kappa shape index (κ2) is 7.66. The van der Waals surface area contributed by atoms with Crippen molar-refractivity contribution in [2.24, 2.45) is 5.92 Å². The molecule has 3 rings (SSSR count). The van der Waals surface area contributed by atoms with Gasteiger partial charge in [0.1, 0.15) is 11.5 Å². The van der Waals surface area contributed by atoms with E-state index in [0.29, 0.717) is 19.1 Å². The maximum absolute atomic E-state index is 9.22. The molecule has 2 heterocycles. The Bertz CT molecular complexity index is 615. The molecule has 0 bridgehead atoms. The Morgan fingerprint density at radius 2 is 2.04 bits per heavy atom. The second-order valence-electron chi connectivity index (χ2n) is 6.47. The Labute approximate surface area is 138 Å². The molecular weight excluding hydrogens is 288 g/mol. The molecule has 0 atom stereocenters. The summed E-state index contributed by atoms with van der Waals surface area (Å²) in [4.78, 5) is 2.47. The van der Waals surface area contributed by atoms with Crippen molar-refractivity contribution in [3.63, 3.8) is 0 Å². The van der Waals surface area contributed by atoms with Gasteiger partial charge in [0.05, 0.1) is 6.54 Å². The van der Waals surface area contributed by atoms with Gasteiger partial charge in [0, 0.05) is 18.8 Å². The summed E-state index contributed by atoms with van der Waals surface area (Å²) in [5, 5.41) is 12.6. The quantitative estimate of drug-likeness (QED) is 0.858. The van der Waals surface area contributed by atoms with E-state index in [1.807, 2.05) is 19.1 Å². The van der Waals surface area contributed by atoms with Crippen LogP contribution in [-0.2, 0) is 13.1 Å². The van der Waals surface area contributed by atoms with Crippen LogP contribution in [0, 0.1) is 12.8 Å². The molecule has 1 aromatic heterocycles. The Balaban J connectivity index is 1.53. The van der Waals surface area contributed by atoms with Crippen LogP contribution in [0.15, 0.2) is 40.8 Å². The summed E-state index contributed by atoms with van der Waals surface area (Å²) < 4.78 is 5.59. The number of anilines is 1. The van der Waals surface area contributed by atoms with Gasteiger partial charge in [0.25, 0.3) is 0 Å². The fourth-order valence-corrected chi connectivity index (χ4v) is 3.13. The van der Waals surface area contributed by atoms with Crippen LogP contribution in [0.1, 0.15) is 29.9 Å². The number of furan rings is 1. The Kier molecular flexibility index (Phi) is 5.36. The topological polar surface area (TPSA) is 48.6 Å². The van der Waals surface area contributed by atoms with Crippen LogP contribution in [0.3, 0.4) is 0 Å². The van der Waals surface area contributed by atoms with Crippen LogP contribution < -0.4 is 5.32 Å². The number of nitrogens with one attached hydrogen (secondary N) is 1. The van der Waals surface area contributed by atoms with Crippen LogP contribution in [-0.4, -0.2) is 29.7 Å². The molecule has 1 aliphatic rings. The predicted molar refractivity (Wildman–Crippen MR) is 92.3 cm³/mol. The van der Waals surface area contributed by atoms with Crippen molar-refractivity contribution in [2.75, 3.05) is 25.0 Å². The molecule has 2 aromatic rings. The van der Waals surface area contributed by atoms with Gasteiger partial charge in [-0.3, -0.25) is 4.90 Å². The van der Waals surface area contributed by atoms with E-state index in [2.05, 4.69) is 34.5 Å². The average molecular weight is 314 g/mol. The van der Waals surface area contributed by atoms with Gasteiger partial charge in [-0.25, -0.2) is 0 Å². The van der Waals surface area contributed by atoms with Crippen molar-refractivity contribution in [1.29, 1.82) is 0 Å². The highest BCUT2D eigenvalue weighted by Gasteiger charge is 2.18. The van der Waals surface area contributed by atoms with Gasteiger partial charge in [-0.2, -0.15) is 0 Å². The molecule has 124 valence electrons. The third-order valence-corrected chi connectivity index (χ3v) is 4.56. The predicted octanol–water partition coefficient (Wildman–Crippen LogP) is 3.40. The summed E-state index contributed by atoms with van der Waals surface area (Å²) in [7, 11) is 0. The molecule has 0 unspecified atom stereocenters. The van der Waals surface area contributed by atoms with Gasteiger partial charge in [-0.15, -0.1) is 0 Å². The molecule has 4 nitrogen and oxygen atoms in total. The molecule has 4 heteroatoms. The average Bonchev–Trinajstić information content (AvgIpc) is 3.00. The normalized spacial score (nSPS) is 16.6. The van der Waals surface area contributed by atoms with Crippen molar-refractivity contribution < 1.29 is 9.52 Å². The van der Waals surface area contributed by atoms with Crippen molar-refractivity contribution in [1.82, 2.24) is 4.90 Å². The SMILES string of the molecule is Cc1ccc(CNc2cccc(CN3CCC(CO)CC3)c2)o1. The first-order valence-electron chi connectivity index (χ1n) is 8.44. The number of hydrogen-bond acceptors (Lipinski definition) is 4. The lowest BCUT2D eigenvalue weighted by Gasteiger charge is -2.31. The number of aliphatic hydroxyl groups excluding tert-OH is 1. The van der Waals surface area contributed by atoms with Gasteiger partial charge in [-0.1, -0.05) is 12.1 Å². The number of aliphatic hydroxyl groups is 1. The number of nitrogens with zero attached hydrogens (tertiary/aromatic N) is 1. The van der Waals surface area contributed by atoms with Crippen molar-refractivity contribution >= 4 is 5.69 Å². The molecule has 1 aromatic carbocycles. The van der Waals surface area contributed by atoms with Gasteiger partial charge in [-0.05, 0) is 68.6 Å². The highest BCUT2D eigenvalue weighted by Crippen LogP contribution is 2.20. The molecule has 1 fully saturated rings. The number of piperidine rings is 1. The lowest BCUT2D eigenvalue weighted by atomic mass is 9.97. The van der Waals surface area contributed by atoms with E-state index in [9.17, 15) is 5.11 Å². The first kappa shape index (κ1) is 16.1. The summed E-state index contributed by atoms with van der Waals surface area (Å²) in [6, 6.07) is 12.6. The molecule has 0 aliphatic carbocycles. The first-order valence-corrected chi connectivity index (χ1v) is 8.44. The number of benzene rings is 1. The van der Waals surface area contributed by atoms with Crippen LogP contribution >= 0.6 is 0 Å². The summed E-state index contributed by atoms with van der Waals surface area (Å²) in [6.45, 7) is 6.14. The highest BCUT2D eigenvalue weighted by atomic mass is 16.3. The summed E-state index contributed by atoms with van der Waals surface area (Å²) in [6.07, 6.45) is 2.21. The maximum atomic E-state index is 9.22. The van der Waals surface area contributed by atoms with Crippen molar-refractivity contribution in [3.8, 4) is 0 Å². The maximum Gasteiger partial charge on any atom is 0.123 e. The van der Waals surface area contributed by atoms with Gasteiger partial charge >= 0.3 is 0 Å². The number of rotatable bonds is 6. The van der Waals surface area contributed by atoms with E-state index >= 15 is 0 Å². The van der Waals surface area contributed by atoms with E-state index in [-0.39, 0.29) is 0 Å². The third-order valence-electron chi connectivity index (χ3n) is 4.56. The summed E-state index contributed by atoms with van der Waals surface area (Å²) in [5.41, 5.74) is 2.45. The largest absolute Gasteiger partial charge is 0.465 e. The fraction of sp³-hybridized carbons (Fsp3) is 0.474. The Morgan fingerprint density at radius 1 is 1.22 bits per heavy atom. The first-order chi connectivity index (χ1) is 11.2. The van der Waals surface area contributed by atoms with E-state index < -0.39 is 0 Å². The Hall–Kier alpha value is -1.78. The molecule has 0 radical (unpaired) electrons. The standard InChI is InChI=1S/C19H26N2O2/c1-15-5-6-19(23-15)12-20-18-4-2-3-17(11-18)13-21-9-7-16(14-22)8-10-21/h2-6,11,16,20,22H,7-10,12-14H2,1H3. The van der Waals surface area contributed by atoms with E-state index in [4.69, 9.17) is 4.42 Å². The molecular formula is C19H26N2O2. The zero-order valence-corrected chi connectivity index (χ0v) is 13.8. The summed E-state index contributed by atoms with van der Waals surface area (Å²) in [5.74, 6) is 2.40. The lowest BCUT2D eigenvalue weighted by molar-refractivity contribution is 0.127. The minimum atomic E-state index is 0.333. The molecule has 23 heavy (non-hydrogen) atoms. The van der Waals surface area contributed by atoms with Gasteiger partial charge in [0.15, 0.2) is 0 Å². The smallest absolute Gasteiger partial charge is 0.123 e. The van der Waals surface area contributed by atoms with Crippen LogP contribution in [0.5, 0.6) is 0 Å². The molecule has 1 saturated heterocycles. The monoisotopic (exact) mass is 314 g/mol. The number of likely N-dealkylation sites (tertiary alicyclic amines) is 1. The van der Waals surface area contributed by atoms with Gasteiger partial charge in [0.2, 0.25) is 0 Å². The fourth-order valence-electron chi connectivity index (χ4n) is 3.13. The second-order valence-corrected chi connectivity index (χ2v) is 6.47. The highest BCUT2D eigenvalue weighted by molar-refractivity contribution is 5.45. The van der Waals surface area contributed by atoms with Crippen LogP contribution in [0.2, 0.25) is 0 Å². The number of hydrogen-bond donors (Lipinski definition) is 2. The van der Waals surface area contributed by atoms with Gasteiger partial charge < -0.3 is 14.8 Å². The minimum absolute atomic E-state index is 0.333. The zero-order valence-electron chi connectivity index (χ0n) is 13.8. The third kappa shape index (κ3) is 4.60. The van der Waals surface area contributed by atoms with E-state index in [1.54, 1.807) is 0 Å². The van der Waals surface area contributed by atoms with Crippen LogP contribution in [0.4, 0.5) is 5.69 Å². The Morgan fingerprint density at radius 3 is 2.74 bits per heavy atom. The molecule has 2 N–H and O–H groups in total. The zero-order chi connectivity index (χ0) is 16.1. The summed E-state index contributed by atoms with van der Waals surface area (Å²) >= 11 is 0. The minimum Gasteiger partial charge on any atom is -0.465 e.